The molecule has 0 radical (unpaired) electrons. The van der Waals surface area contributed by atoms with Crippen LogP contribution in [-0.2, 0) is 0 Å². The second kappa shape index (κ2) is 2.25. The van der Waals surface area contributed by atoms with Crippen LogP contribution in [0.25, 0.3) is 0 Å². The van der Waals surface area contributed by atoms with E-state index in [9.17, 15) is 0 Å². The van der Waals surface area contributed by atoms with Crippen LogP contribution < -0.4 is 0 Å². The summed E-state index contributed by atoms with van der Waals surface area (Å²) >= 11 is 0. The predicted octanol–water partition coefficient (Wildman–Crippen LogP) is 1.95. The second-order valence-corrected chi connectivity index (χ2v) is 3.87. The van der Waals surface area contributed by atoms with Crippen LogP contribution in [0.3, 0.4) is 0 Å². The van der Waals surface area contributed by atoms with Crippen LogP contribution in [0.15, 0.2) is 36.6 Å². The lowest BCUT2D eigenvalue weighted by atomic mass is 9.75. The summed E-state index contributed by atoms with van der Waals surface area (Å²) in [6.45, 7) is 1.25. The van der Waals surface area contributed by atoms with Crippen LogP contribution in [-0.4, -0.2) is 17.5 Å². The summed E-state index contributed by atoms with van der Waals surface area (Å²) < 4.78 is 0. The van der Waals surface area contributed by atoms with Crippen molar-refractivity contribution >= 4 is 0 Å². The minimum atomic E-state index is 0.713. The molecule has 0 spiro atoms. The van der Waals surface area contributed by atoms with Gasteiger partial charge in [-0.2, -0.15) is 0 Å². The first-order valence-electron chi connectivity index (χ1n) is 4.74. The monoisotopic (exact) mass is 159 g/mol. The van der Waals surface area contributed by atoms with Crippen molar-refractivity contribution in [2.75, 3.05) is 6.54 Å². The van der Waals surface area contributed by atoms with Crippen molar-refractivity contribution in [2.24, 2.45) is 11.8 Å². The second-order valence-electron chi connectivity index (χ2n) is 3.87. The van der Waals surface area contributed by atoms with Gasteiger partial charge in [-0.3, -0.25) is 0 Å². The Balaban J connectivity index is 1.91. The number of rotatable bonds is 0. The quantitative estimate of drug-likeness (QED) is 0.522. The first-order valence-corrected chi connectivity index (χ1v) is 4.74. The van der Waals surface area contributed by atoms with E-state index < -0.39 is 0 Å². The number of piperidine rings is 1. The number of hydrogen-bond donors (Lipinski definition) is 0. The molecule has 62 valence electrons. The zero-order valence-corrected chi connectivity index (χ0v) is 7.06. The van der Waals surface area contributed by atoms with Gasteiger partial charge in [0.25, 0.3) is 0 Å². The molecular formula is C11H13N. The molecule has 1 fully saturated rings. The van der Waals surface area contributed by atoms with Gasteiger partial charge in [-0.05, 0) is 24.6 Å². The van der Waals surface area contributed by atoms with Crippen molar-refractivity contribution in [3.8, 4) is 0 Å². The Morgan fingerprint density at radius 3 is 2.83 bits per heavy atom. The molecule has 0 aromatic rings. The van der Waals surface area contributed by atoms with Gasteiger partial charge in [0, 0.05) is 12.5 Å². The van der Waals surface area contributed by atoms with E-state index in [1.807, 2.05) is 0 Å². The van der Waals surface area contributed by atoms with Gasteiger partial charge >= 0.3 is 0 Å². The van der Waals surface area contributed by atoms with E-state index in [-0.39, 0.29) is 0 Å². The average molecular weight is 159 g/mol. The molecule has 0 amide bonds. The van der Waals surface area contributed by atoms with Crippen molar-refractivity contribution < 1.29 is 0 Å². The van der Waals surface area contributed by atoms with Gasteiger partial charge in [0.2, 0.25) is 0 Å². The summed E-state index contributed by atoms with van der Waals surface area (Å²) in [6.07, 6.45) is 15.0. The Bertz CT molecular complexity index is 273. The van der Waals surface area contributed by atoms with E-state index in [0.717, 1.165) is 11.8 Å². The fraction of sp³-hybridized carbons (Fsp3) is 0.455. The summed E-state index contributed by atoms with van der Waals surface area (Å²) in [5.41, 5.74) is 0. The molecule has 1 aliphatic carbocycles. The summed E-state index contributed by atoms with van der Waals surface area (Å²) in [7, 11) is 0. The zero-order chi connectivity index (χ0) is 7.97. The van der Waals surface area contributed by atoms with Gasteiger partial charge < -0.3 is 4.90 Å². The van der Waals surface area contributed by atoms with E-state index in [1.54, 1.807) is 0 Å². The summed E-state index contributed by atoms with van der Waals surface area (Å²) in [6, 6.07) is 0.713. The highest BCUT2D eigenvalue weighted by atomic mass is 15.2. The van der Waals surface area contributed by atoms with Crippen LogP contribution in [0.1, 0.15) is 6.42 Å². The highest BCUT2D eigenvalue weighted by Crippen LogP contribution is 2.37. The zero-order valence-electron chi connectivity index (χ0n) is 7.06. The maximum Gasteiger partial charge on any atom is 0.0552 e. The van der Waals surface area contributed by atoms with Gasteiger partial charge in [0.05, 0.1) is 6.04 Å². The number of nitrogens with zero attached hydrogens (tertiary/aromatic N) is 1. The Morgan fingerprint density at radius 2 is 2.00 bits per heavy atom. The van der Waals surface area contributed by atoms with E-state index in [4.69, 9.17) is 0 Å². The summed E-state index contributed by atoms with van der Waals surface area (Å²) in [5.74, 6) is 1.56. The minimum Gasteiger partial charge on any atom is -0.371 e. The number of hydrogen-bond acceptors (Lipinski definition) is 1. The standard InChI is InChI=1S/C11H13N/c1-2-4-10-9(3-1)5-7-12-8-6-11(10)12/h1-4,6,8-11H,5,7H2. The molecule has 0 saturated carbocycles. The van der Waals surface area contributed by atoms with Crippen molar-refractivity contribution in [2.45, 2.75) is 12.5 Å². The van der Waals surface area contributed by atoms with Gasteiger partial charge in [-0.25, -0.2) is 0 Å². The molecule has 3 aliphatic rings. The van der Waals surface area contributed by atoms with Crippen LogP contribution in [0.4, 0.5) is 0 Å². The van der Waals surface area contributed by atoms with Crippen molar-refractivity contribution in [3.63, 3.8) is 0 Å². The Hall–Kier alpha value is -0.980. The molecule has 2 heterocycles. The molecule has 0 N–H and O–H groups in total. The minimum absolute atomic E-state index is 0.713. The Kier molecular flexibility index (Phi) is 1.23. The third-order valence-corrected chi connectivity index (χ3v) is 3.27. The maximum atomic E-state index is 2.46. The third kappa shape index (κ3) is 0.739. The highest BCUT2D eigenvalue weighted by Gasteiger charge is 2.36. The van der Waals surface area contributed by atoms with Gasteiger partial charge in [-0.15, -0.1) is 0 Å². The Labute approximate surface area is 73.1 Å². The van der Waals surface area contributed by atoms with Gasteiger partial charge in [-0.1, -0.05) is 24.3 Å². The largest absolute Gasteiger partial charge is 0.371 e. The van der Waals surface area contributed by atoms with Crippen LogP contribution >= 0.6 is 0 Å². The molecule has 0 aromatic carbocycles. The molecule has 0 aromatic heterocycles. The molecule has 3 unspecified atom stereocenters. The summed E-state index contributed by atoms with van der Waals surface area (Å²) in [5, 5.41) is 0. The molecule has 3 atom stereocenters. The van der Waals surface area contributed by atoms with Crippen LogP contribution in [0, 0.1) is 11.8 Å². The molecule has 1 heteroatoms. The van der Waals surface area contributed by atoms with E-state index in [1.165, 1.54) is 13.0 Å². The van der Waals surface area contributed by atoms with Crippen LogP contribution in [0.2, 0.25) is 0 Å². The fourth-order valence-corrected chi connectivity index (χ4v) is 2.50. The molecular weight excluding hydrogens is 146 g/mol. The lowest BCUT2D eigenvalue weighted by molar-refractivity contribution is 0.139. The maximum absolute atomic E-state index is 2.46. The first kappa shape index (κ1) is 6.53. The molecule has 1 nitrogen and oxygen atoms in total. The fourth-order valence-electron chi connectivity index (χ4n) is 2.50. The molecule has 1 saturated heterocycles. The van der Waals surface area contributed by atoms with Crippen LogP contribution in [0.5, 0.6) is 0 Å². The van der Waals surface area contributed by atoms with E-state index in [0.29, 0.717) is 6.04 Å². The first-order chi connectivity index (χ1) is 5.95. The third-order valence-electron chi connectivity index (χ3n) is 3.27. The number of allylic oxidation sites excluding steroid dienone is 3. The van der Waals surface area contributed by atoms with Crippen molar-refractivity contribution in [1.82, 2.24) is 4.90 Å². The van der Waals surface area contributed by atoms with E-state index >= 15 is 0 Å². The molecule has 0 bridgehead atoms. The molecule has 2 aliphatic heterocycles. The predicted molar refractivity (Wildman–Crippen MR) is 49.5 cm³/mol. The lowest BCUT2D eigenvalue weighted by Crippen LogP contribution is -2.49. The SMILES string of the molecule is C1=CC2CCN3C=CC3C2C=C1. The number of fused-ring (bicyclic) bond motifs is 3. The normalized spacial score (nSPS) is 42.0. The smallest absolute Gasteiger partial charge is 0.0552 e. The average Bonchev–Trinajstić information content (AvgIpc) is 2.05. The lowest BCUT2D eigenvalue weighted by Gasteiger charge is -2.47. The highest BCUT2D eigenvalue weighted by molar-refractivity contribution is 5.24. The van der Waals surface area contributed by atoms with Gasteiger partial charge in [0.15, 0.2) is 0 Å². The Morgan fingerprint density at radius 1 is 1.08 bits per heavy atom. The summed E-state index contributed by atoms with van der Waals surface area (Å²) in [4.78, 5) is 2.46. The van der Waals surface area contributed by atoms with Crippen molar-refractivity contribution in [1.29, 1.82) is 0 Å². The topological polar surface area (TPSA) is 3.24 Å². The molecule has 3 rings (SSSR count). The van der Waals surface area contributed by atoms with E-state index in [2.05, 4.69) is 41.5 Å². The van der Waals surface area contributed by atoms with Crippen molar-refractivity contribution in [3.05, 3.63) is 36.6 Å². The molecule has 12 heavy (non-hydrogen) atoms. The van der Waals surface area contributed by atoms with Gasteiger partial charge in [0.1, 0.15) is 0 Å².